The third-order valence-corrected chi connectivity index (χ3v) is 2.37. The molecule has 0 saturated carbocycles. The van der Waals surface area contributed by atoms with Gasteiger partial charge in [-0.3, -0.25) is 9.48 Å². The zero-order chi connectivity index (χ0) is 13.9. The number of aryl methyl sites for hydroxylation is 1. The van der Waals surface area contributed by atoms with E-state index in [1.165, 1.54) is 17.9 Å². The molecule has 0 aliphatic heterocycles. The van der Waals surface area contributed by atoms with Gasteiger partial charge in [-0.05, 0) is 6.42 Å². The van der Waals surface area contributed by atoms with Crippen molar-refractivity contribution in [3.05, 3.63) is 11.8 Å². The molecule has 0 aliphatic carbocycles. The van der Waals surface area contributed by atoms with Crippen LogP contribution in [-0.2, 0) is 7.05 Å². The predicted octanol–water partition coefficient (Wildman–Crippen LogP) is 1.42. The summed E-state index contributed by atoms with van der Waals surface area (Å²) >= 11 is 0. The van der Waals surface area contributed by atoms with Crippen LogP contribution in [0.1, 0.15) is 23.7 Å². The van der Waals surface area contributed by atoms with Gasteiger partial charge in [-0.25, -0.2) is 0 Å². The first-order valence-electron chi connectivity index (χ1n) is 5.39. The molecule has 8 heteroatoms. The van der Waals surface area contributed by atoms with E-state index in [-0.39, 0.29) is 17.9 Å². The minimum atomic E-state index is -4.43. The highest BCUT2D eigenvalue weighted by molar-refractivity contribution is 5.98. The third-order valence-electron chi connectivity index (χ3n) is 2.37. The lowest BCUT2D eigenvalue weighted by molar-refractivity contribution is -0.140. The normalized spacial score (nSPS) is 11.6. The molecule has 1 amide bonds. The predicted molar refractivity (Wildman–Crippen MR) is 59.9 cm³/mol. The SMILES string of the molecule is CCCN(CC(F)(F)F)C(=O)c1cnn(C)c1N. The van der Waals surface area contributed by atoms with Crippen molar-refractivity contribution in [3.63, 3.8) is 0 Å². The van der Waals surface area contributed by atoms with Crippen LogP contribution in [0.25, 0.3) is 0 Å². The molecule has 1 heterocycles. The lowest BCUT2D eigenvalue weighted by Crippen LogP contribution is -2.39. The molecule has 1 aromatic rings. The molecule has 0 aromatic carbocycles. The molecule has 0 spiro atoms. The van der Waals surface area contributed by atoms with E-state index < -0.39 is 18.6 Å². The van der Waals surface area contributed by atoms with Crippen LogP contribution in [0.5, 0.6) is 0 Å². The Morgan fingerprint density at radius 1 is 1.56 bits per heavy atom. The van der Waals surface area contributed by atoms with Crippen LogP contribution in [0, 0.1) is 0 Å². The van der Waals surface area contributed by atoms with E-state index in [4.69, 9.17) is 5.73 Å². The van der Waals surface area contributed by atoms with Crippen LogP contribution in [0.3, 0.4) is 0 Å². The minimum Gasteiger partial charge on any atom is -0.383 e. The molecule has 0 atom stereocenters. The number of hydrogen-bond acceptors (Lipinski definition) is 3. The molecule has 0 radical (unpaired) electrons. The number of carbonyl (C=O) groups excluding carboxylic acids is 1. The van der Waals surface area contributed by atoms with Crippen molar-refractivity contribution in [3.8, 4) is 0 Å². The zero-order valence-corrected chi connectivity index (χ0v) is 10.2. The number of nitrogens with zero attached hydrogens (tertiary/aromatic N) is 3. The fourth-order valence-corrected chi connectivity index (χ4v) is 1.52. The Morgan fingerprint density at radius 2 is 2.17 bits per heavy atom. The summed E-state index contributed by atoms with van der Waals surface area (Å²) in [6, 6.07) is 0. The molecule has 102 valence electrons. The fourth-order valence-electron chi connectivity index (χ4n) is 1.52. The van der Waals surface area contributed by atoms with Crippen LogP contribution in [0.15, 0.2) is 6.20 Å². The first kappa shape index (κ1) is 14.3. The summed E-state index contributed by atoms with van der Waals surface area (Å²) in [5, 5.41) is 3.74. The van der Waals surface area contributed by atoms with E-state index in [1.807, 2.05) is 0 Å². The number of amides is 1. The summed E-state index contributed by atoms with van der Waals surface area (Å²) in [5.41, 5.74) is 5.57. The number of alkyl halides is 3. The number of carbonyl (C=O) groups is 1. The van der Waals surface area contributed by atoms with Crippen molar-refractivity contribution in [2.75, 3.05) is 18.8 Å². The Balaban J connectivity index is 2.92. The van der Waals surface area contributed by atoms with Crippen molar-refractivity contribution in [1.82, 2.24) is 14.7 Å². The van der Waals surface area contributed by atoms with E-state index in [0.29, 0.717) is 6.42 Å². The van der Waals surface area contributed by atoms with Gasteiger partial charge >= 0.3 is 6.18 Å². The van der Waals surface area contributed by atoms with E-state index >= 15 is 0 Å². The maximum absolute atomic E-state index is 12.4. The number of nitrogen functional groups attached to an aromatic ring is 1. The van der Waals surface area contributed by atoms with Gasteiger partial charge in [0, 0.05) is 13.6 Å². The quantitative estimate of drug-likeness (QED) is 0.894. The molecular formula is C10H15F3N4O. The molecule has 1 rings (SSSR count). The van der Waals surface area contributed by atoms with Gasteiger partial charge in [-0.1, -0.05) is 6.92 Å². The number of halogens is 3. The molecule has 0 bridgehead atoms. The first-order chi connectivity index (χ1) is 8.26. The number of hydrogen-bond donors (Lipinski definition) is 1. The molecular weight excluding hydrogens is 249 g/mol. The smallest absolute Gasteiger partial charge is 0.383 e. The highest BCUT2D eigenvalue weighted by Gasteiger charge is 2.33. The largest absolute Gasteiger partial charge is 0.406 e. The van der Waals surface area contributed by atoms with Crippen LogP contribution in [0.2, 0.25) is 0 Å². The topological polar surface area (TPSA) is 64.2 Å². The van der Waals surface area contributed by atoms with Crippen LogP contribution in [0.4, 0.5) is 19.0 Å². The highest BCUT2D eigenvalue weighted by Crippen LogP contribution is 2.20. The monoisotopic (exact) mass is 264 g/mol. The van der Waals surface area contributed by atoms with Gasteiger partial charge in [-0.2, -0.15) is 18.3 Å². The van der Waals surface area contributed by atoms with Crippen molar-refractivity contribution in [2.45, 2.75) is 19.5 Å². The molecule has 2 N–H and O–H groups in total. The van der Waals surface area contributed by atoms with Crippen molar-refractivity contribution >= 4 is 11.7 Å². The summed E-state index contributed by atoms with van der Waals surface area (Å²) in [4.78, 5) is 12.7. The lowest BCUT2D eigenvalue weighted by Gasteiger charge is -2.23. The standard InChI is InChI=1S/C10H15F3N4O/c1-3-4-17(6-10(11,12)13)9(18)7-5-15-16(2)8(7)14/h5H,3-4,6,14H2,1-2H3. The van der Waals surface area contributed by atoms with Crippen LogP contribution < -0.4 is 5.73 Å². The summed E-state index contributed by atoms with van der Waals surface area (Å²) < 4.78 is 38.3. The Bertz CT molecular complexity index is 427. The Labute approximate surface area is 102 Å². The summed E-state index contributed by atoms with van der Waals surface area (Å²) in [5.74, 6) is -0.692. The zero-order valence-electron chi connectivity index (χ0n) is 10.2. The molecule has 0 fully saturated rings. The van der Waals surface area contributed by atoms with Crippen LogP contribution in [-0.4, -0.2) is 39.9 Å². The summed E-state index contributed by atoms with van der Waals surface area (Å²) in [6.07, 6.45) is -2.82. The Kier molecular flexibility index (Phi) is 4.20. The minimum absolute atomic E-state index is 0.00444. The van der Waals surface area contributed by atoms with Gasteiger partial charge in [0.25, 0.3) is 5.91 Å². The van der Waals surface area contributed by atoms with Crippen molar-refractivity contribution in [1.29, 1.82) is 0 Å². The van der Waals surface area contributed by atoms with E-state index in [1.54, 1.807) is 6.92 Å². The second-order valence-corrected chi connectivity index (χ2v) is 3.91. The maximum Gasteiger partial charge on any atom is 0.406 e. The van der Waals surface area contributed by atoms with Gasteiger partial charge in [0.15, 0.2) is 0 Å². The van der Waals surface area contributed by atoms with Crippen molar-refractivity contribution < 1.29 is 18.0 Å². The molecule has 0 saturated heterocycles. The number of aromatic nitrogens is 2. The van der Waals surface area contributed by atoms with Gasteiger partial charge in [0.2, 0.25) is 0 Å². The van der Waals surface area contributed by atoms with Gasteiger partial charge < -0.3 is 10.6 Å². The number of anilines is 1. The average molecular weight is 264 g/mol. The number of nitrogens with two attached hydrogens (primary N) is 1. The Morgan fingerprint density at radius 3 is 2.56 bits per heavy atom. The van der Waals surface area contributed by atoms with E-state index in [2.05, 4.69) is 5.10 Å². The van der Waals surface area contributed by atoms with E-state index in [9.17, 15) is 18.0 Å². The second kappa shape index (κ2) is 5.28. The highest BCUT2D eigenvalue weighted by atomic mass is 19.4. The molecule has 1 aromatic heterocycles. The van der Waals surface area contributed by atoms with E-state index in [0.717, 1.165) is 4.90 Å². The second-order valence-electron chi connectivity index (χ2n) is 3.91. The molecule has 0 aliphatic rings. The lowest BCUT2D eigenvalue weighted by atomic mass is 10.2. The summed E-state index contributed by atoms with van der Waals surface area (Å²) in [6.45, 7) is 0.434. The molecule has 5 nitrogen and oxygen atoms in total. The third kappa shape index (κ3) is 3.38. The van der Waals surface area contributed by atoms with Gasteiger partial charge in [-0.15, -0.1) is 0 Å². The fraction of sp³-hybridized carbons (Fsp3) is 0.600. The average Bonchev–Trinajstić information content (AvgIpc) is 2.56. The first-order valence-corrected chi connectivity index (χ1v) is 5.39. The van der Waals surface area contributed by atoms with Gasteiger partial charge in [0.1, 0.15) is 17.9 Å². The van der Waals surface area contributed by atoms with Gasteiger partial charge in [0.05, 0.1) is 6.20 Å². The van der Waals surface area contributed by atoms with Crippen LogP contribution >= 0.6 is 0 Å². The molecule has 18 heavy (non-hydrogen) atoms. The van der Waals surface area contributed by atoms with Crippen molar-refractivity contribution in [2.24, 2.45) is 7.05 Å². The Hall–Kier alpha value is -1.73. The summed E-state index contributed by atoms with van der Waals surface area (Å²) in [7, 11) is 1.51. The maximum atomic E-state index is 12.4. The molecule has 0 unspecified atom stereocenters. The number of rotatable bonds is 4.